The van der Waals surface area contributed by atoms with Crippen LogP contribution in [0.3, 0.4) is 0 Å². The zero-order valence-corrected chi connectivity index (χ0v) is 18.4. The molecule has 0 aliphatic carbocycles. The van der Waals surface area contributed by atoms with Crippen molar-refractivity contribution in [2.75, 3.05) is 51.3 Å². The van der Waals surface area contributed by atoms with E-state index in [0.717, 1.165) is 25.5 Å². The van der Waals surface area contributed by atoms with Crippen molar-refractivity contribution >= 4 is 22.6 Å². The van der Waals surface area contributed by atoms with E-state index in [9.17, 15) is 18.0 Å². The van der Waals surface area contributed by atoms with Gasteiger partial charge in [0, 0.05) is 45.1 Å². The molecule has 0 unspecified atom stereocenters. The maximum atomic E-state index is 14.9. The zero-order valence-electron chi connectivity index (χ0n) is 18.4. The van der Waals surface area contributed by atoms with Gasteiger partial charge in [-0.2, -0.15) is 9.97 Å². The van der Waals surface area contributed by atoms with Crippen molar-refractivity contribution in [3.05, 3.63) is 17.7 Å². The van der Waals surface area contributed by atoms with Gasteiger partial charge in [-0.1, -0.05) is 0 Å². The Hall–Kier alpha value is -2.82. The van der Waals surface area contributed by atoms with E-state index < -0.39 is 23.3 Å². The number of ether oxygens (including phenoxy) is 2. The number of fused-ring (bicyclic) bond motifs is 2. The third-order valence-electron chi connectivity index (χ3n) is 6.84. The first-order valence-electron chi connectivity index (χ1n) is 11.2. The number of benzene rings is 1. The van der Waals surface area contributed by atoms with Gasteiger partial charge in [0.2, 0.25) is 5.91 Å². The number of alkyl halides is 1. The summed E-state index contributed by atoms with van der Waals surface area (Å²) < 4.78 is 54.7. The van der Waals surface area contributed by atoms with Gasteiger partial charge < -0.3 is 19.7 Å². The van der Waals surface area contributed by atoms with Gasteiger partial charge in [-0.15, -0.1) is 0 Å². The number of rotatable bonds is 5. The first kappa shape index (κ1) is 22.0. The molecule has 5 rings (SSSR count). The highest BCUT2D eigenvalue weighted by atomic mass is 19.1. The number of halogens is 3. The van der Waals surface area contributed by atoms with Crippen molar-refractivity contribution in [2.24, 2.45) is 0 Å². The summed E-state index contributed by atoms with van der Waals surface area (Å²) in [6.07, 6.45) is 1.44. The van der Waals surface area contributed by atoms with Crippen LogP contribution in [0, 0.1) is 11.6 Å². The molecule has 3 saturated heterocycles. The second kappa shape index (κ2) is 8.51. The van der Waals surface area contributed by atoms with Crippen LogP contribution in [-0.2, 0) is 4.79 Å². The molecule has 1 amide bonds. The molecule has 3 aliphatic heterocycles. The molecule has 11 heteroatoms. The van der Waals surface area contributed by atoms with Gasteiger partial charge in [0.25, 0.3) is 0 Å². The summed E-state index contributed by atoms with van der Waals surface area (Å²) in [4.78, 5) is 24.4. The Morgan fingerprint density at radius 3 is 2.91 bits per heavy atom. The topological polar surface area (TPSA) is 79.8 Å². The Kier molecular flexibility index (Phi) is 5.67. The molecule has 0 spiro atoms. The van der Waals surface area contributed by atoms with Crippen molar-refractivity contribution < 1.29 is 27.4 Å². The predicted molar refractivity (Wildman–Crippen MR) is 114 cm³/mol. The van der Waals surface area contributed by atoms with Crippen LogP contribution in [0.25, 0.3) is 10.9 Å². The number of anilines is 1. The fraction of sp³-hybridized carbons (Fsp3) is 0.591. The second-order valence-corrected chi connectivity index (χ2v) is 8.88. The summed E-state index contributed by atoms with van der Waals surface area (Å²) in [5, 5.41) is 2.86. The molecule has 33 heavy (non-hydrogen) atoms. The van der Waals surface area contributed by atoms with E-state index >= 15 is 0 Å². The SMILES string of the molecule is COc1c(F)cc(F)c2nc(OC[C@@]34CCCN3C[C@H](F)C4)nc(N3CCNC(=O)CC3)c12. The standard InChI is InChI=1S/C22H26F3N5O3/c1-32-19-15(25)9-14(24)18-17(19)20(29-7-3-16(31)26-5-8-29)28-21(27-18)33-12-22-4-2-6-30(22)11-13(23)10-22/h9,13H,2-8,10-12H2,1H3,(H,26,31)/t13-,22+/m1/s1. The van der Waals surface area contributed by atoms with E-state index in [1.165, 1.54) is 7.11 Å². The third-order valence-corrected chi connectivity index (χ3v) is 6.84. The Labute approximate surface area is 189 Å². The van der Waals surface area contributed by atoms with Crippen LogP contribution < -0.4 is 19.7 Å². The largest absolute Gasteiger partial charge is 0.493 e. The van der Waals surface area contributed by atoms with Crippen LogP contribution in [0.1, 0.15) is 25.7 Å². The van der Waals surface area contributed by atoms with Crippen molar-refractivity contribution in [3.8, 4) is 11.8 Å². The molecule has 0 bridgehead atoms. The summed E-state index contributed by atoms with van der Waals surface area (Å²) in [6, 6.07) is 0.647. The van der Waals surface area contributed by atoms with Crippen LogP contribution in [0.4, 0.5) is 19.0 Å². The van der Waals surface area contributed by atoms with Crippen molar-refractivity contribution in [1.29, 1.82) is 0 Å². The van der Waals surface area contributed by atoms with E-state index in [-0.39, 0.29) is 47.4 Å². The molecule has 0 saturated carbocycles. The lowest BCUT2D eigenvalue weighted by Crippen LogP contribution is -2.43. The molecule has 2 atom stereocenters. The average molecular weight is 465 g/mol. The van der Waals surface area contributed by atoms with E-state index in [2.05, 4.69) is 20.2 Å². The highest BCUT2D eigenvalue weighted by Crippen LogP contribution is 2.41. The number of hydrogen-bond donors (Lipinski definition) is 1. The maximum absolute atomic E-state index is 14.9. The first-order valence-corrected chi connectivity index (χ1v) is 11.2. The summed E-state index contributed by atoms with van der Waals surface area (Å²) in [5.74, 6) is -1.79. The molecule has 0 radical (unpaired) electrons. The molecule has 178 valence electrons. The van der Waals surface area contributed by atoms with Gasteiger partial charge >= 0.3 is 6.01 Å². The summed E-state index contributed by atoms with van der Waals surface area (Å²) in [5.41, 5.74) is -0.553. The molecule has 3 fully saturated rings. The van der Waals surface area contributed by atoms with E-state index in [1.54, 1.807) is 4.90 Å². The Morgan fingerprint density at radius 2 is 2.09 bits per heavy atom. The number of hydrogen-bond acceptors (Lipinski definition) is 7. The first-order chi connectivity index (χ1) is 15.9. The van der Waals surface area contributed by atoms with Crippen LogP contribution in [0.5, 0.6) is 11.8 Å². The monoisotopic (exact) mass is 465 g/mol. The van der Waals surface area contributed by atoms with Crippen molar-refractivity contribution in [1.82, 2.24) is 20.2 Å². The number of nitrogens with one attached hydrogen (secondary N) is 1. The Bertz CT molecular complexity index is 1090. The highest BCUT2D eigenvalue weighted by Gasteiger charge is 2.49. The summed E-state index contributed by atoms with van der Waals surface area (Å²) in [6.45, 7) is 2.43. The zero-order chi connectivity index (χ0) is 23.2. The average Bonchev–Trinajstić information content (AvgIpc) is 3.21. The number of aromatic nitrogens is 2. The van der Waals surface area contributed by atoms with Crippen molar-refractivity contribution in [2.45, 2.75) is 37.4 Å². The molecule has 1 N–H and O–H groups in total. The molecular formula is C22H26F3N5O3. The van der Waals surface area contributed by atoms with Gasteiger partial charge in [-0.05, 0) is 19.4 Å². The highest BCUT2D eigenvalue weighted by molar-refractivity contribution is 5.96. The van der Waals surface area contributed by atoms with Gasteiger partial charge in [0.1, 0.15) is 24.1 Å². The fourth-order valence-corrected chi connectivity index (χ4v) is 5.29. The molecule has 2 aromatic rings. The lowest BCUT2D eigenvalue weighted by Gasteiger charge is -2.31. The fourth-order valence-electron chi connectivity index (χ4n) is 5.29. The molecule has 1 aromatic carbocycles. The number of carbonyl (C=O) groups is 1. The van der Waals surface area contributed by atoms with E-state index in [0.29, 0.717) is 32.6 Å². The molecular weight excluding hydrogens is 439 g/mol. The Morgan fingerprint density at radius 1 is 1.24 bits per heavy atom. The van der Waals surface area contributed by atoms with Gasteiger partial charge in [0.15, 0.2) is 17.4 Å². The summed E-state index contributed by atoms with van der Waals surface area (Å²) >= 11 is 0. The lowest BCUT2D eigenvalue weighted by molar-refractivity contribution is -0.120. The van der Waals surface area contributed by atoms with Crippen molar-refractivity contribution in [3.63, 3.8) is 0 Å². The molecule has 8 nitrogen and oxygen atoms in total. The van der Waals surface area contributed by atoms with E-state index in [1.807, 2.05) is 0 Å². The minimum atomic E-state index is -0.909. The number of nitrogens with zero attached hydrogens (tertiary/aromatic N) is 4. The minimum Gasteiger partial charge on any atom is -0.493 e. The smallest absolute Gasteiger partial charge is 0.319 e. The minimum absolute atomic E-state index is 0.0721. The molecule has 4 heterocycles. The molecule has 1 aromatic heterocycles. The second-order valence-electron chi connectivity index (χ2n) is 8.88. The quantitative estimate of drug-likeness (QED) is 0.725. The third kappa shape index (κ3) is 3.92. The number of carbonyl (C=O) groups excluding carboxylic acids is 1. The number of methoxy groups -OCH3 is 1. The lowest BCUT2D eigenvalue weighted by atomic mass is 9.95. The van der Waals surface area contributed by atoms with Crippen LogP contribution in [0.15, 0.2) is 6.07 Å². The number of amides is 1. The maximum Gasteiger partial charge on any atom is 0.319 e. The van der Waals surface area contributed by atoms with Crippen LogP contribution in [-0.4, -0.2) is 78.9 Å². The summed E-state index contributed by atoms with van der Waals surface area (Å²) in [7, 11) is 1.29. The van der Waals surface area contributed by atoms with E-state index in [4.69, 9.17) is 9.47 Å². The van der Waals surface area contributed by atoms with Crippen LogP contribution in [0.2, 0.25) is 0 Å². The predicted octanol–water partition coefficient (Wildman–Crippen LogP) is 2.20. The normalized spacial score (nSPS) is 25.8. The van der Waals surface area contributed by atoms with Gasteiger partial charge in [0.05, 0.1) is 18.0 Å². The molecule has 3 aliphatic rings. The van der Waals surface area contributed by atoms with Gasteiger partial charge in [-0.3, -0.25) is 9.69 Å². The van der Waals surface area contributed by atoms with Gasteiger partial charge in [-0.25, -0.2) is 13.2 Å². The Balaban J connectivity index is 1.55. The van der Waals surface area contributed by atoms with Crippen LogP contribution >= 0.6 is 0 Å².